The van der Waals surface area contributed by atoms with Gasteiger partial charge in [0, 0.05) is 5.69 Å². The van der Waals surface area contributed by atoms with Crippen LogP contribution in [0.1, 0.15) is 18.4 Å². The molecule has 1 fully saturated rings. The van der Waals surface area contributed by atoms with Crippen LogP contribution in [0.15, 0.2) is 18.2 Å². The third-order valence-electron chi connectivity index (χ3n) is 2.40. The zero-order valence-electron chi connectivity index (χ0n) is 10.2. The number of nitrogens with one attached hydrogen (secondary N) is 1. The molecule has 1 saturated heterocycles. The minimum Gasteiger partial charge on any atom is -0.399 e. The molecule has 0 spiro atoms. The molecule has 2 rings (SSSR count). The van der Waals surface area contributed by atoms with E-state index in [-0.39, 0.29) is 5.75 Å². The van der Waals surface area contributed by atoms with Crippen molar-refractivity contribution < 1.29 is 17.2 Å². The fourth-order valence-corrected chi connectivity index (χ4v) is 1.79. The molecular formula is C11H18N2O4S. The maximum absolute atomic E-state index is 10.3. The van der Waals surface area contributed by atoms with E-state index in [1.165, 1.54) is 44.1 Å². The molecule has 1 heterocycles. The van der Waals surface area contributed by atoms with Crippen LogP contribution in [0.4, 0.5) is 5.69 Å². The number of aryl methyl sites for hydroxylation is 1. The molecule has 1 aliphatic rings. The first kappa shape index (κ1) is 14.7. The molecule has 0 radical (unpaired) electrons. The van der Waals surface area contributed by atoms with E-state index in [9.17, 15) is 8.42 Å². The lowest BCUT2D eigenvalue weighted by Gasteiger charge is -2.03. The Hall–Kier alpha value is -1.31. The van der Waals surface area contributed by atoms with Gasteiger partial charge in [-0.3, -0.25) is 4.55 Å². The Labute approximate surface area is 107 Å². The van der Waals surface area contributed by atoms with Crippen molar-refractivity contribution in [2.75, 3.05) is 18.8 Å². The largest absolute Gasteiger partial charge is 0.446 e. The molecule has 7 heteroatoms. The van der Waals surface area contributed by atoms with E-state index in [0.717, 1.165) is 0 Å². The molecule has 1 aromatic carbocycles. The lowest BCUT2D eigenvalue weighted by molar-refractivity contribution is 0.387. The minimum absolute atomic E-state index is 0.0363. The first-order valence-corrected chi connectivity index (χ1v) is 6.99. The van der Waals surface area contributed by atoms with Crippen molar-refractivity contribution in [2.24, 2.45) is 0 Å². The van der Waals surface area contributed by atoms with E-state index < -0.39 is 10.4 Å². The molecule has 0 bridgehead atoms. The highest BCUT2D eigenvalue weighted by molar-refractivity contribution is 7.81. The predicted octanol–water partition coefficient (Wildman–Crippen LogP) is 1.13. The Balaban J connectivity index is 0.000000269. The number of nitrogens with two attached hydrogens (primary N) is 1. The fourth-order valence-electron chi connectivity index (χ4n) is 1.45. The van der Waals surface area contributed by atoms with Crippen molar-refractivity contribution in [1.82, 2.24) is 5.32 Å². The summed E-state index contributed by atoms with van der Waals surface area (Å²) in [6.45, 7) is 4.20. The third kappa shape index (κ3) is 5.85. The standard InChI is InChI=1S/C7H9NO4S.C4H9N/c1-5-4-6(2-3-7(5)8)12-13(9,10)11;1-2-4-5-3-1/h2-4H,8H2,1H3,(H,9,10,11);5H,1-4H2. The summed E-state index contributed by atoms with van der Waals surface area (Å²) in [5.41, 5.74) is 6.70. The van der Waals surface area contributed by atoms with Crippen LogP contribution in [0.2, 0.25) is 0 Å². The van der Waals surface area contributed by atoms with Crippen molar-refractivity contribution >= 4 is 16.1 Å². The molecule has 1 aliphatic heterocycles. The molecule has 18 heavy (non-hydrogen) atoms. The van der Waals surface area contributed by atoms with Gasteiger partial charge in [-0.2, -0.15) is 8.42 Å². The molecule has 4 N–H and O–H groups in total. The highest BCUT2D eigenvalue weighted by Gasteiger charge is 2.07. The normalized spacial score (nSPS) is 14.8. The first-order valence-electron chi connectivity index (χ1n) is 5.62. The monoisotopic (exact) mass is 274 g/mol. The summed E-state index contributed by atoms with van der Waals surface area (Å²) >= 11 is 0. The predicted molar refractivity (Wildman–Crippen MR) is 69.9 cm³/mol. The number of hydrogen-bond donors (Lipinski definition) is 3. The van der Waals surface area contributed by atoms with Crippen LogP contribution in [0.5, 0.6) is 5.75 Å². The van der Waals surface area contributed by atoms with E-state index >= 15 is 0 Å². The highest BCUT2D eigenvalue weighted by Crippen LogP contribution is 2.19. The molecule has 0 aromatic heterocycles. The van der Waals surface area contributed by atoms with Crippen LogP contribution in [-0.4, -0.2) is 26.1 Å². The quantitative estimate of drug-likeness (QED) is 0.552. The van der Waals surface area contributed by atoms with Gasteiger partial charge in [-0.1, -0.05) is 0 Å². The van der Waals surface area contributed by atoms with E-state index in [1.807, 2.05) is 0 Å². The minimum atomic E-state index is -4.45. The Morgan fingerprint density at radius 3 is 2.33 bits per heavy atom. The lowest BCUT2D eigenvalue weighted by Crippen LogP contribution is -2.06. The zero-order valence-corrected chi connectivity index (χ0v) is 11.0. The Kier molecular flexibility index (Phi) is 5.39. The van der Waals surface area contributed by atoms with Crippen LogP contribution >= 0.6 is 0 Å². The lowest BCUT2D eigenvalue weighted by atomic mass is 10.2. The average molecular weight is 274 g/mol. The van der Waals surface area contributed by atoms with Gasteiger partial charge in [0.05, 0.1) is 0 Å². The molecular weight excluding hydrogens is 256 g/mol. The molecule has 0 atom stereocenters. The summed E-state index contributed by atoms with van der Waals surface area (Å²) in [5, 5.41) is 3.22. The van der Waals surface area contributed by atoms with E-state index in [0.29, 0.717) is 11.3 Å². The maximum Gasteiger partial charge on any atom is 0.446 e. The second-order valence-electron chi connectivity index (χ2n) is 3.99. The van der Waals surface area contributed by atoms with Crippen LogP contribution in [0.3, 0.4) is 0 Å². The van der Waals surface area contributed by atoms with Gasteiger partial charge in [-0.15, -0.1) is 0 Å². The Bertz CT molecular complexity index is 476. The second-order valence-corrected chi connectivity index (χ2v) is 5.01. The SMILES string of the molecule is C1CCNC1.Cc1cc(OS(=O)(=O)O)ccc1N. The van der Waals surface area contributed by atoms with Crippen molar-refractivity contribution in [2.45, 2.75) is 19.8 Å². The van der Waals surface area contributed by atoms with Gasteiger partial charge in [0.2, 0.25) is 0 Å². The van der Waals surface area contributed by atoms with E-state index in [1.54, 1.807) is 6.92 Å². The van der Waals surface area contributed by atoms with E-state index in [4.69, 9.17) is 10.3 Å². The number of hydrogen-bond acceptors (Lipinski definition) is 5. The Morgan fingerprint density at radius 2 is 1.94 bits per heavy atom. The summed E-state index contributed by atoms with van der Waals surface area (Å²) in [6.07, 6.45) is 2.78. The molecule has 0 amide bonds. The highest BCUT2D eigenvalue weighted by atomic mass is 32.3. The van der Waals surface area contributed by atoms with Crippen molar-refractivity contribution in [3.63, 3.8) is 0 Å². The van der Waals surface area contributed by atoms with Gasteiger partial charge in [0.15, 0.2) is 0 Å². The summed E-state index contributed by atoms with van der Waals surface area (Å²) in [7, 11) is -4.45. The first-order chi connectivity index (χ1) is 8.38. The van der Waals surface area contributed by atoms with Crippen molar-refractivity contribution in [3.8, 4) is 5.75 Å². The molecule has 102 valence electrons. The van der Waals surface area contributed by atoms with Gasteiger partial charge >= 0.3 is 10.4 Å². The summed E-state index contributed by atoms with van der Waals surface area (Å²) in [5.74, 6) is 0.0363. The van der Waals surface area contributed by atoms with Crippen LogP contribution in [-0.2, 0) is 10.4 Å². The number of rotatable bonds is 2. The van der Waals surface area contributed by atoms with Gasteiger partial charge in [0.1, 0.15) is 5.75 Å². The van der Waals surface area contributed by atoms with E-state index in [2.05, 4.69) is 9.50 Å². The number of benzene rings is 1. The molecule has 0 saturated carbocycles. The average Bonchev–Trinajstić information content (AvgIpc) is 2.79. The summed E-state index contributed by atoms with van der Waals surface area (Å²) in [4.78, 5) is 0. The zero-order chi connectivity index (χ0) is 13.6. The van der Waals surface area contributed by atoms with Gasteiger partial charge in [-0.25, -0.2) is 0 Å². The summed E-state index contributed by atoms with van der Waals surface area (Å²) in [6, 6.07) is 4.27. The van der Waals surface area contributed by atoms with Gasteiger partial charge in [-0.05, 0) is 56.6 Å². The molecule has 0 unspecified atom stereocenters. The van der Waals surface area contributed by atoms with Gasteiger partial charge in [0.25, 0.3) is 0 Å². The van der Waals surface area contributed by atoms with Crippen LogP contribution in [0.25, 0.3) is 0 Å². The topological polar surface area (TPSA) is 102 Å². The van der Waals surface area contributed by atoms with Crippen LogP contribution < -0.4 is 15.2 Å². The smallest absolute Gasteiger partial charge is 0.399 e. The van der Waals surface area contributed by atoms with Crippen LogP contribution in [0, 0.1) is 6.92 Å². The fraction of sp³-hybridized carbons (Fsp3) is 0.455. The maximum atomic E-state index is 10.3. The Morgan fingerprint density at radius 1 is 1.33 bits per heavy atom. The third-order valence-corrected chi connectivity index (χ3v) is 2.80. The molecule has 0 aliphatic carbocycles. The molecule has 1 aromatic rings. The second kappa shape index (κ2) is 6.58. The summed E-state index contributed by atoms with van der Waals surface area (Å²) < 4.78 is 33.2. The number of nitrogen functional groups attached to an aromatic ring is 1. The number of anilines is 1. The van der Waals surface area contributed by atoms with Crippen molar-refractivity contribution in [1.29, 1.82) is 0 Å². The molecule has 6 nitrogen and oxygen atoms in total. The van der Waals surface area contributed by atoms with Crippen molar-refractivity contribution in [3.05, 3.63) is 23.8 Å². The van der Waals surface area contributed by atoms with Gasteiger partial charge < -0.3 is 15.2 Å².